The molecule has 0 aliphatic heterocycles. The van der Waals surface area contributed by atoms with Crippen LogP contribution < -0.4 is 4.68 Å². The van der Waals surface area contributed by atoms with E-state index in [1.165, 1.54) is 11.3 Å². The minimum absolute atomic E-state index is 1.00. The van der Waals surface area contributed by atoms with E-state index >= 15 is 0 Å². The van der Waals surface area contributed by atoms with E-state index < -0.39 is 0 Å². The van der Waals surface area contributed by atoms with E-state index in [9.17, 15) is 0 Å². The number of nitrogens with zero attached hydrogens (tertiary/aromatic N) is 2. The van der Waals surface area contributed by atoms with Crippen LogP contribution in [0.2, 0.25) is 0 Å². The Balaban J connectivity index is 2.48. The van der Waals surface area contributed by atoms with Gasteiger partial charge in [0.1, 0.15) is 5.69 Å². The molecule has 0 spiro atoms. The van der Waals surface area contributed by atoms with E-state index in [2.05, 4.69) is 59.9 Å². The molecule has 1 aromatic heterocycles. The molecule has 0 saturated carbocycles. The Morgan fingerprint density at radius 1 is 1.14 bits per heavy atom. The molecule has 1 aromatic carbocycles. The maximum Gasteiger partial charge on any atom is 0.196 e. The average Bonchev–Trinajstić information content (AvgIpc) is 2.61. The number of rotatable bonds is 2. The van der Waals surface area contributed by atoms with Crippen molar-refractivity contribution in [3.63, 3.8) is 0 Å². The van der Waals surface area contributed by atoms with Gasteiger partial charge in [0.2, 0.25) is 0 Å². The third-order valence-electron chi connectivity index (χ3n) is 2.53. The number of hydrogen-bond donors (Lipinski definition) is 0. The van der Waals surface area contributed by atoms with Crippen molar-refractivity contribution in [2.24, 2.45) is 7.05 Å². The molecule has 2 aromatic rings. The van der Waals surface area contributed by atoms with Crippen LogP contribution in [0.25, 0.3) is 11.3 Å². The SMILES string of the molecule is CC[n+]1ccc(-c2ccccc2)n1C. The molecule has 0 aliphatic rings. The van der Waals surface area contributed by atoms with Gasteiger partial charge in [-0.3, -0.25) is 0 Å². The summed E-state index contributed by atoms with van der Waals surface area (Å²) >= 11 is 0. The summed E-state index contributed by atoms with van der Waals surface area (Å²) in [5.41, 5.74) is 2.52. The lowest BCUT2D eigenvalue weighted by molar-refractivity contribution is -0.769. The molecule has 0 fully saturated rings. The molecule has 0 saturated heterocycles. The van der Waals surface area contributed by atoms with Crippen LogP contribution in [0.5, 0.6) is 0 Å². The van der Waals surface area contributed by atoms with Crippen LogP contribution in [-0.2, 0) is 13.6 Å². The second-order valence-corrected chi connectivity index (χ2v) is 3.35. The molecule has 0 unspecified atom stereocenters. The van der Waals surface area contributed by atoms with Gasteiger partial charge in [-0.25, -0.2) is 0 Å². The summed E-state index contributed by atoms with van der Waals surface area (Å²) in [7, 11) is 2.09. The van der Waals surface area contributed by atoms with Crippen LogP contribution in [-0.4, -0.2) is 4.68 Å². The molecule has 72 valence electrons. The predicted molar refractivity (Wildman–Crippen MR) is 56.7 cm³/mol. The van der Waals surface area contributed by atoms with Crippen molar-refractivity contribution in [1.29, 1.82) is 0 Å². The van der Waals surface area contributed by atoms with Crippen LogP contribution in [0.4, 0.5) is 0 Å². The first kappa shape index (κ1) is 9.00. The van der Waals surface area contributed by atoms with E-state index in [0.29, 0.717) is 0 Å². The molecule has 2 nitrogen and oxygen atoms in total. The summed E-state index contributed by atoms with van der Waals surface area (Å²) < 4.78 is 4.36. The highest BCUT2D eigenvalue weighted by Crippen LogP contribution is 2.15. The average molecular weight is 187 g/mol. The number of hydrogen-bond acceptors (Lipinski definition) is 0. The van der Waals surface area contributed by atoms with Crippen molar-refractivity contribution in [3.8, 4) is 11.3 Å². The maximum absolute atomic E-state index is 2.18. The first-order chi connectivity index (χ1) is 6.83. The molecule has 0 amide bonds. The number of aryl methyl sites for hydroxylation is 1. The zero-order chi connectivity index (χ0) is 9.97. The van der Waals surface area contributed by atoms with Gasteiger partial charge in [-0.1, -0.05) is 30.3 Å². The van der Waals surface area contributed by atoms with Gasteiger partial charge in [0.15, 0.2) is 12.7 Å². The third kappa shape index (κ3) is 1.43. The first-order valence-electron chi connectivity index (χ1n) is 4.94. The van der Waals surface area contributed by atoms with Crippen molar-refractivity contribution in [2.45, 2.75) is 13.5 Å². The first-order valence-corrected chi connectivity index (χ1v) is 4.94. The Bertz CT molecular complexity index is 415. The molecule has 1 heterocycles. The van der Waals surface area contributed by atoms with Gasteiger partial charge >= 0.3 is 0 Å². The monoisotopic (exact) mass is 187 g/mol. The fraction of sp³-hybridized carbons (Fsp3) is 0.250. The summed E-state index contributed by atoms with van der Waals surface area (Å²) in [5, 5.41) is 0. The minimum atomic E-state index is 1.00. The summed E-state index contributed by atoms with van der Waals surface area (Å²) in [6.45, 7) is 3.15. The second kappa shape index (κ2) is 3.66. The molecule has 0 N–H and O–H groups in total. The van der Waals surface area contributed by atoms with Gasteiger partial charge in [-0.2, -0.15) is 4.68 Å². The van der Waals surface area contributed by atoms with E-state index in [1.807, 2.05) is 6.07 Å². The summed E-state index contributed by atoms with van der Waals surface area (Å²) in [6.07, 6.45) is 2.11. The van der Waals surface area contributed by atoms with Crippen molar-refractivity contribution in [1.82, 2.24) is 4.68 Å². The minimum Gasteiger partial charge on any atom is -0.156 e. The Morgan fingerprint density at radius 2 is 1.86 bits per heavy atom. The topological polar surface area (TPSA) is 8.81 Å². The van der Waals surface area contributed by atoms with Gasteiger partial charge in [0.25, 0.3) is 0 Å². The summed E-state index contributed by atoms with van der Waals surface area (Å²) in [4.78, 5) is 0. The quantitative estimate of drug-likeness (QED) is 0.636. The van der Waals surface area contributed by atoms with Crippen LogP contribution in [0.1, 0.15) is 6.92 Å². The lowest BCUT2D eigenvalue weighted by Gasteiger charge is -2.00. The molecule has 14 heavy (non-hydrogen) atoms. The highest BCUT2D eigenvalue weighted by atomic mass is 15.4. The van der Waals surface area contributed by atoms with E-state index in [1.54, 1.807) is 0 Å². The van der Waals surface area contributed by atoms with Crippen LogP contribution in [0.15, 0.2) is 42.6 Å². The number of aromatic nitrogens is 2. The van der Waals surface area contributed by atoms with Crippen LogP contribution in [0.3, 0.4) is 0 Å². The van der Waals surface area contributed by atoms with Crippen molar-refractivity contribution < 1.29 is 4.68 Å². The van der Waals surface area contributed by atoms with Crippen molar-refractivity contribution >= 4 is 0 Å². The molecule has 0 bridgehead atoms. The highest BCUT2D eigenvalue weighted by molar-refractivity contribution is 5.58. The lowest BCUT2D eigenvalue weighted by Crippen LogP contribution is -2.40. The highest BCUT2D eigenvalue weighted by Gasteiger charge is 2.09. The lowest BCUT2D eigenvalue weighted by atomic mass is 10.2. The smallest absolute Gasteiger partial charge is 0.156 e. The largest absolute Gasteiger partial charge is 0.196 e. The van der Waals surface area contributed by atoms with Crippen LogP contribution >= 0.6 is 0 Å². The summed E-state index contributed by atoms with van der Waals surface area (Å²) in [6, 6.07) is 12.6. The van der Waals surface area contributed by atoms with Gasteiger partial charge < -0.3 is 0 Å². The zero-order valence-electron chi connectivity index (χ0n) is 8.64. The summed E-state index contributed by atoms with van der Waals surface area (Å²) in [5.74, 6) is 0. The van der Waals surface area contributed by atoms with Crippen molar-refractivity contribution in [3.05, 3.63) is 42.6 Å². The van der Waals surface area contributed by atoms with Gasteiger partial charge in [0, 0.05) is 11.6 Å². The van der Waals surface area contributed by atoms with Gasteiger partial charge in [0.05, 0.1) is 7.05 Å². The normalized spacial score (nSPS) is 10.4. The van der Waals surface area contributed by atoms with E-state index in [0.717, 1.165) is 6.54 Å². The standard InChI is InChI=1S/C12H15N2/c1-3-14-10-9-12(13(14)2)11-7-5-4-6-8-11/h4-10H,3H2,1-2H3/q+1. The molecule has 0 atom stereocenters. The Hall–Kier alpha value is -1.57. The van der Waals surface area contributed by atoms with Crippen molar-refractivity contribution in [2.75, 3.05) is 0 Å². The van der Waals surface area contributed by atoms with Gasteiger partial charge in [-0.05, 0) is 6.92 Å². The van der Waals surface area contributed by atoms with E-state index in [4.69, 9.17) is 0 Å². The Kier molecular flexibility index (Phi) is 2.35. The molecule has 0 radical (unpaired) electrons. The second-order valence-electron chi connectivity index (χ2n) is 3.35. The fourth-order valence-corrected chi connectivity index (χ4v) is 1.71. The fourth-order valence-electron chi connectivity index (χ4n) is 1.71. The van der Waals surface area contributed by atoms with Gasteiger partial charge in [-0.15, -0.1) is 4.68 Å². The molecule has 2 rings (SSSR count). The Labute approximate surface area is 84.4 Å². The predicted octanol–water partition coefficient (Wildman–Crippen LogP) is 2.00. The Morgan fingerprint density at radius 3 is 2.43 bits per heavy atom. The molecular weight excluding hydrogens is 172 g/mol. The third-order valence-corrected chi connectivity index (χ3v) is 2.53. The van der Waals surface area contributed by atoms with E-state index in [-0.39, 0.29) is 0 Å². The maximum atomic E-state index is 2.18. The molecular formula is C12H15N2+. The molecule has 0 aliphatic carbocycles. The zero-order valence-corrected chi connectivity index (χ0v) is 8.64. The van der Waals surface area contributed by atoms with Crippen LogP contribution in [0, 0.1) is 0 Å². The number of benzene rings is 1. The molecule has 2 heteroatoms.